The van der Waals surface area contributed by atoms with E-state index in [1.54, 1.807) is 21.1 Å². The summed E-state index contributed by atoms with van der Waals surface area (Å²) in [6, 6.07) is 0. The Morgan fingerprint density at radius 1 is 1.00 bits per heavy atom. The first-order valence-corrected chi connectivity index (χ1v) is 7.94. The third-order valence-corrected chi connectivity index (χ3v) is 3.68. The van der Waals surface area contributed by atoms with Gasteiger partial charge in [0.05, 0.1) is 0 Å². The average Bonchev–Trinajstić information content (AvgIpc) is 2.49. The molecule has 0 aliphatic carbocycles. The first kappa shape index (κ1) is 20.1. The van der Waals surface area contributed by atoms with Crippen LogP contribution in [0.25, 0.3) is 0 Å². The molecule has 0 unspecified atom stereocenters. The number of carbonyl (C=O) groups is 1. The van der Waals surface area contributed by atoms with Crippen LogP contribution in [-0.4, -0.2) is 32.6 Å². The van der Waals surface area contributed by atoms with Crippen LogP contribution in [0, 0.1) is 0 Å². The molecule has 0 N–H and O–H groups in total. The molecule has 0 heterocycles. The number of hydrogen-bond acceptors (Lipinski definition) is 4. The molecule has 0 atom stereocenters. The molecule has 0 saturated carbocycles. The van der Waals surface area contributed by atoms with Gasteiger partial charge in [-0.3, -0.25) is 0 Å². The fraction of sp³-hybridized carbons (Fsp3) is 0.824. The second-order valence-corrected chi connectivity index (χ2v) is 5.55. The zero-order chi connectivity index (χ0) is 16.1. The molecule has 0 aromatic heterocycles. The van der Waals surface area contributed by atoms with Crippen molar-refractivity contribution in [2.75, 3.05) is 20.8 Å². The predicted octanol–water partition coefficient (Wildman–Crippen LogP) is 4.24. The lowest BCUT2D eigenvalue weighted by molar-refractivity contribution is -0.236. The highest BCUT2D eigenvalue weighted by Gasteiger charge is 2.31. The molecule has 0 radical (unpaired) electrons. The molecule has 0 bridgehead atoms. The van der Waals surface area contributed by atoms with E-state index < -0.39 is 11.8 Å². The lowest BCUT2D eigenvalue weighted by Gasteiger charge is -2.30. The number of ether oxygens (including phenoxy) is 3. The van der Waals surface area contributed by atoms with Gasteiger partial charge < -0.3 is 14.2 Å². The van der Waals surface area contributed by atoms with Gasteiger partial charge in [-0.15, -0.1) is 0 Å². The van der Waals surface area contributed by atoms with E-state index >= 15 is 0 Å². The summed E-state index contributed by atoms with van der Waals surface area (Å²) in [7, 11) is 3.17. The Hall–Kier alpha value is -0.870. The van der Waals surface area contributed by atoms with E-state index in [4.69, 9.17) is 14.2 Å². The average molecular weight is 300 g/mol. The zero-order valence-corrected chi connectivity index (χ0v) is 14.2. The minimum absolute atomic E-state index is 0.0987. The van der Waals surface area contributed by atoms with Crippen molar-refractivity contribution in [1.82, 2.24) is 0 Å². The Kier molecular flexibility index (Phi) is 11.3. The predicted molar refractivity (Wildman–Crippen MR) is 85.1 cm³/mol. The highest BCUT2D eigenvalue weighted by molar-refractivity contribution is 5.86. The maximum absolute atomic E-state index is 11.5. The first-order chi connectivity index (χ1) is 10.0. The van der Waals surface area contributed by atoms with Gasteiger partial charge >= 0.3 is 5.97 Å². The molecule has 0 aliphatic heterocycles. The molecule has 4 nitrogen and oxygen atoms in total. The van der Waals surface area contributed by atoms with E-state index in [0.29, 0.717) is 5.57 Å². The van der Waals surface area contributed by atoms with Crippen LogP contribution in [0.5, 0.6) is 0 Å². The third-order valence-electron chi connectivity index (χ3n) is 3.68. The molecule has 0 spiro atoms. The molecule has 0 rings (SSSR count). The van der Waals surface area contributed by atoms with Crippen LogP contribution in [0.15, 0.2) is 12.2 Å². The van der Waals surface area contributed by atoms with E-state index in [9.17, 15) is 4.79 Å². The second kappa shape index (κ2) is 11.8. The molecule has 124 valence electrons. The molecule has 0 aliphatic rings. The Morgan fingerprint density at radius 2 is 1.52 bits per heavy atom. The van der Waals surface area contributed by atoms with Crippen LogP contribution in [0.1, 0.15) is 65.2 Å². The normalized spacial score (nSPS) is 11.4. The summed E-state index contributed by atoms with van der Waals surface area (Å²) < 4.78 is 16.0. The van der Waals surface area contributed by atoms with Gasteiger partial charge in [-0.2, -0.15) is 0 Å². The van der Waals surface area contributed by atoms with Gasteiger partial charge in [0.15, 0.2) is 0 Å². The van der Waals surface area contributed by atoms with Crippen LogP contribution < -0.4 is 0 Å². The Balaban J connectivity index is 4.04. The lowest BCUT2D eigenvalue weighted by atomic mass is 10.0. The molecule has 4 heteroatoms. The molecule has 21 heavy (non-hydrogen) atoms. The molecule has 0 aromatic rings. The molecule has 0 amide bonds. The van der Waals surface area contributed by atoms with Crippen molar-refractivity contribution in [2.24, 2.45) is 0 Å². The van der Waals surface area contributed by atoms with Gasteiger partial charge in [0, 0.05) is 26.2 Å². The van der Waals surface area contributed by atoms with Crippen molar-refractivity contribution in [2.45, 2.75) is 71.0 Å². The fourth-order valence-electron chi connectivity index (χ4n) is 2.13. The largest absolute Gasteiger partial charge is 0.457 e. The van der Waals surface area contributed by atoms with Crippen LogP contribution in [-0.2, 0) is 19.0 Å². The van der Waals surface area contributed by atoms with Crippen molar-refractivity contribution >= 4 is 5.97 Å². The van der Waals surface area contributed by atoms with E-state index in [1.165, 1.54) is 32.1 Å². The van der Waals surface area contributed by atoms with Crippen molar-refractivity contribution in [3.63, 3.8) is 0 Å². The summed E-state index contributed by atoms with van der Waals surface area (Å²) in [5, 5.41) is 0. The Labute approximate surface area is 129 Å². The third kappa shape index (κ3) is 8.89. The first-order valence-electron chi connectivity index (χ1n) is 7.94. The summed E-state index contributed by atoms with van der Waals surface area (Å²) in [4.78, 5) is 11.5. The topological polar surface area (TPSA) is 44.8 Å². The summed E-state index contributed by atoms with van der Waals surface area (Å²) in [5.41, 5.74) is 0.382. The maximum Gasteiger partial charge on any atom is 0.333 e. The monoisotopic (exact) mass is 300 g/mol. The molecule has 0 saturated heterocycles. The van der Waals surface area contributed by atoms with Crippen LogP contribution in [0.3, 0.4) is 0 Å². The molecule has 0 fully saturated rings. The smallest absolute Gasteiger partial charge is 0.333 e. The molecular formula is C17H32O4. The lowest BCUT2D eigenvalue weighted by Crippen LogP contribution is -2.40. The highest BCUT2D eigenvalue weighted by atomic mass is 16.7. The van der Waals surface area contributed by atoms with Crippen LogP contribution in [0.4, 0.5) is 0 Å². The van der Waals surface area contributed by atoms with Gasteiger partial charge in [0.1, 0.15) is 6.61 Å². The van der Waals surface area contributed by atoms with Gasteiger partial charge in [-0.1, -0.05) is 52.0 Å². The van der Waals surface area contributed by atoms with E-state index in [1.807, 2.05) is 0 Å². The minimum Gasteiger partial charge on any atom is -0.457 e. The van der Waals surface area contributed by atoms with Gasteiger partial charge in [0.25, 0.3) is 0 Å². The summed E-state index contributed by atoms with van der Waals surface area (Å²) in [6.07, 6.45) is 9.27. The maximum atomic E-state index is 11.5. The van der Waals surface area contributed by atoms with Crippen molar-refractivity contribution in [1.29, 1.82) is 0 Å². The number of methoxy groups -OCH3 is 2. The Bertz CT molecular complexity index is 295. The van der Waals surface area contributed by atoms with E-state index in [-0.39, 0.29) is 6.61 Å². The molecule has 0 aromatic carbocycles. The number of hydrogen-bond donors (Lipinski definition) is 0. The fourth-order valence-corrected chi connectivity index (χ4v) is 2.13. The number of esters is 1. The summed E-state index contributed by atoms with van der Waals surface area (Å²) >= 11 is 0. The van der Waals surface area contributed by atoms with Crippen molar-refractivity contribution in [3.8, 4) is 0 Å². The quantitative estimate of drug-likeness (QED) is 0.221. The minimum atomic E-state index is -0.839. The standard InChI is InChI=1S/C17H32O4/c1-6-7-8-9-10-11-12-13-17(19-4,20-5)14-21-16(18)15(2)3/h2,6-14H2,1,3-5H3. The number of rotatable bonds is 13. The van der Waals surface area contributed by atoms with Crippen LogP contribution >= 0.6 is 0 Å². The summed E-state index contributed by atoms with van der Waals surface area (Å²) in [6.45, 7) is 7.51. The van der Waals surface area contributed by atoms with E-state index in [2.05, 4.69) is 13.5 Å². The summed E-state index contributed by atoms with van der Waals surface area (Å²) in [5.74, 6) is -1.25. The number of unbranched alkanes of at least 4 members (excludes halogenated alkanes) is 6. The van der Waals surface area contributed by atoms with Gasteiger partial charge in [-0.05, 0) is 13.3 Å². The SMILES string of the molecule is C=C(C)C(=O)OCC(CCCCCCCCC)(OC)OC. The van der Waals surface area contributed by atoms with Gasteiger partial charge in [0.2, 0.25) is 5.79 Å². The van der Waals surface area contributed by atoms with E-state index in [0.717, 1.165) is 19.3 Å². The van der Waals surface area contributed by atoms with Crippen molar-refractivity contribution < 1.29 is 19.0 Å². The molecular weight excluding hydrogens is 268 g/mol. The number of carbonyl (C=O) groups excluding carboxylic acids is 1. The van der Waals surface area contributed by atoms with Gasteiger partial charge in [-0.25, -0.2) is 4.79 Å². The van der Waals surface area contributed by atoms with Crippen molar-refractivity contribution in [3.05, 3.63) is 12.2 Å². The Morgan fingerprint density at radius 3 is 2.00 bits per heavy atom. The zero-order valence-electron chi connectivity index (χ0n) is 14.2. The van der Waals surface area contributed by atoms with Crippen LogP contribution in [0.2, 0.25) is 0 Å². The highest BCUT2D eigenvalue weighted by Crippen LogP contribution is 2.22. The second-order valence-electron chi connectivity index (χ2n) is 5.55.